The standard InChI is InChI=1S/C21H19N7O/c1-12-8-18-21(23-7-6-22-18)19(25-12)13(2)29-15-4-5-17-16(9-15)20(27-26-17)14-10-24-28(3)11-14/h4-11,13H,1-3H3,(H,26,27)/t13-/m1/s1/i1D3. The van der Waals surface area contributed by atoms with E-state index in [1.807, 2.05) is 31.4 Å². The molecular formula is C21H19N7O. The molecule has 8 nitrogen and oxygen atoms in total. The number of benzene rings is 1. The van der Waals surface area contributed by atoms with Crippen molar-refractivity contribution in [2.45, 2.75) is 19.9 Å². The van der Waals surface area contributed by atoms with Crippen LogP contribution in [-0.2, 0) is 7.05 Å². The summed E-state index contributed by atoms with van der Waals surface area (Å²) < 4.78 is 31.1. The molecule has 4 heterocycles. The van der Waals surface area contributed by atoms with Gasteiger partial charge < -0.3 is 4.74 Å². The molecule has 5 rings (SSSR count). The molecule has 5 aromatic rings. The molecule has 0 aliphatic carbocycles. The van der Waals surface area contributed by atoms with Crippen molar-refractivity contribution in [3.8, 4) is 17.0 Å². The predicted octanol–water partition coefficient (Wildman–Crippen LogP) is 3.75. The number of fused-ring (bicyclic) bond motifs is 2. The summed E-state index contributed by atoms with van der Waals surface area (Å²) in [6.45, 7) is -0.560. The molecule has 0 radical (unpaired) electrons. The van der Waals surface area contributed by atoms with Gasteiger partial charge in [-0.25, -0.2) is 0 Å². The van der Waals surface area contributed by atoms with Gasteiger partial charge in [-0.15, -0.1) is 0 Å². The van der Waals surface area contributed by atoms with E-state index in [1.165, 1.54) is 12.3 Å². The molecule has 144 valence electrons. The van der Waals surface area contributed by atoms with E-state index in [9.17, 15) is 0 Å². The normalized spacial score (nSPS) is 14.5. The van der Waals surface area contributed by atoms with E-state index in [1.54, 1.807) is 24.0 Å². The summed E-state index contributed by atoms with van der Waals surface area (Å²) in [4.78, 5) is 13.0. The zero-order valence-corrected chi connectivity index (χ0v) is 15.8. The molecule has 0 aliphatic rings. The van der Waals surface area contributed by atoms with Gasteiger partial charge in [-0.1, -0.05) is 0 Å². The van der Waals surface area contributed by atoms with Gasteiger partial charge in [-0.2, -0.15) is 10.2 Å². The summed E-state index contributed by atoms with van der Waals surface area (Å²) in [5.74, 6) is 0.592. The average Bonchev–Trinajstić information content (AvgIpc) is 3.37. The van der Waals surface area contributed by atoms with E-state index in [0.29, 0.717) is 22.5 Å². The maximum atomic E-state index is 7.75. The number of rotatable bonds is 4. The number of ether oxygens (including phenoxy) is 1. The summed E-state index contributed by atoms with van der Waals surface area (Å²) in [5, 5.41) is 12.5. The Morgan fingerprint density at radius 3 is 2.93 bits per heavy atom. The number of H-pyrrole nitrogens is 1. The SMILES string of the molecule is [2H]C([2H])([2H])c1cc2nccnc2c([C@@H](C)Oc2ccc3[nH]nc(-c4cnn(C)c4)c3c2)n1. The highest BCUT2D eigenvalue weighted by Gasteiger charge is 2.17. The first-order valence-electron chi connectivity index (χ1n) is 10.6. The number of nitrogens with one attached hydrogen (secondary N) is 1. The molecule has 0 bridgehead atoms. The molecule has 1 N–H and O–H groups in total. The lowest BCUT2D eigenvalue weighted by Crippen LogP contribution is -2.08. The second-order valence-corrected chi connectivity index (χ2v) is 6.76. The lowest BCUT2D eigenvalue weighted by atomic mass is 10.1. The zero-order chi connectivity index (χ0) is 22.5. The van der Waals surface area contributed by atoms with E-state index < -0.39 is 13.0 Å². The number of nitrogens with zero attached hydrogens (tertiary/aromatic N) is 6. The Kier molecular flexibility index (Phi) is 3.27. The van der Waals surface area contributed by atoms with Crippen molar-refractivity contribution in [3.05, 3.63) is 60.4 Å². The van der Waals surface area contributed by atoms with E-state index in [-0.39, 0.29) is 5.69 Å². The second-order valence-electron chi connectivity index (χ2n) is 6.76. The Hall–Kier alpha value is -3.81. The largest absolute Gasteiger partial charge is 0.484 e. The number of aromatic nitrogens is 7. The van der Waals surface area contributed by atoms with Crippen molar-refractivity contribution in [1.29, 1.82) is 0 Å². The molecule has 4 aromatic heterocycles. The van der Waals surface area contributed by atoms with Gasteiger partial charge in [0.1, 0.15) is 28.8 Å². The van der Waals surface area contributed by atoms with Gasteiger partial charge in [-0.05, 0) is 38.0 Å². The smallest absolute Gasteiger partial charge is 0.140 e. The fourth-order valence-electron chi connectivity index (χ4n) is 3.37. The van der Waals surface area contributed by atoms with Crippen molar-refractivity contribution < 1.29 is 8.85 Å². The molecular weight excluding hydrogens is 366 g/mol. The molecule has 29 heavy (non-hydrogen) atoms. The molecule has 0 aliphatic heterocycles. The Morgan fingerprint density at radius 2 is 2.10 bits per heavy atom. The average molecular weight is 388 g/mol. The lowest BCUT2D eigenvalue weighted by molar-refractivity contribution is 0.223. The maximum Gasteiger partial charge on any atom is 0.140 e. The number of aryl methyl sites for hydroxylation is 2. The molecule has 0 saturated carbocycles. The second kappa shape index (κ2) is 6.66. The van der Waals surface area contributed by atoms with E-state index >= 15 is 0 Å². The predicted molar refractivity (Wildman–Crippen MR) is 109 cm³/mol. The summed E-state index contributed by atoms with van der Waals surface area (Å²) in [7, 11) is 1.85. The van der Waals surface area contributed by atoms with Crippen LogP contribution < -0.4 is 4.74 Å². The number of hydrogen-bond acceptors (Lipinski definition) is 6. The van der Waals surface area contributed by atoms with Crippen LogP contribution in [0.4, 0.5) is 0 Å². The van der Waals surface area contributed by atoms with Crippen molar-refractivity contribution in [1.82, 2.24) is 34.9 Å². The molecule has 0 amide bonds. The minimum absolute atomic E-state index is 0.0416. The molecule has 8 heteroatoms. The highest BCUT2D eigenvalue weighted by molar-refractivity contribution is 5.93. The Balaban J connectivity index is 1.54. The Labute approximate surface area is 170 Å². The minimum Gasteiger partial charge on any atom is -0.484 e. The van der Waals surface area contributed by atoms with Crippen LogP contribution in [0.3, 0.4) is 0 Å². The first kappa shape index (κ1) is 14.2. The minimum atomic E-state index is -2.37. The fourth-order valence-corrected chi connectivity index (χ4v) is 3.37. The van der Waals surface area contributed by atoms with Crippen LogP contribution in [0.5, 0.6) is 5.75 Å². The van der Waals surface area contributed by atoms with Crippen molar-refractivity contribution in [2.75, 3.05) is 0 Å². The van der Waals surface area contributed by atoms with Gasteiger partial charge in [0, 0.05) is 46.4 Å². The number of aromatic amines is 1. The van der Waals surface area contributed by atoms with Gasteiger partial charge >= 0.3 is 0 Å². The van der Waals surface area contributed by atoms with E-state index in [4.69, 9.17) is 8.85 Å². The van der Waals surface area contributed by atoms with E-state index in [0.717, 1.165) is 22.2 Å². The van der Waals surface area contributed by atoms with Crippen LogP contribution in [0, 0.1) is 6.85 Å². The number of hydrogen-bond donors (Lipinski definition) is 1. The third-order valence-corrected chi connectivity index (χ3v) is 4.69. The summed E-state index contributed by atoms with van der Waals surface area (Å²) in [6, 6.07) is 7.04. The third kappa shape index (κ3) is 3.08. The first-order valence-corrected chi connectivity index (χ1v) is 9.05. The first-order chi connectivity index (χ1) is 15.3. The molecule has 0 fully saturated rings. The third-order valence-electron chi connectivity index (χ3n) is 4.69. The fraction of sp³-hybridized carbons (Fsp3) is 0.190. The monoisotopic (exact) mass is 388 g/mol. The lowest BCUT2D eigenvalue weighted by Gasteiger charge is -2.16. The summed E-state index contributed by atoms with van der Waals surface area (Å²) >= 11 is 0. The molecule has 0 spiro atoms. The van der Waals surface area contributed by atoms with E-state index in [2.05, 4.69) is 30.2 Å². The summed E-state index contributed by atoms with van der Waals surface area (Å²) in [5.41, 5.74) is 3.86. The van der Waals surface area contributed by atoms with Gasteiger partial charge in [0.2, 0.25) is 0 Å². The molecule has 1 aromatic carbocycles. The van der Waals surface area contributed by atoms with Crippen LogP contribution in [0.25, 0.3) is 33.2 Å². The molecule has 1 atom stereocenters. The van der Waals surface area contributed by atoms with Gasteiger partial charge in [0.05, 0.1) is 17.2 Å². The Bertz CT molecular complexity index is 1440. The van der Waals surface area contributed by atoms with Gasteiger partial charge in [0.15, 0.2) is 0 Å². The number of pyridine rings is 1. The van der Waals surface area contributed by atoms with Crippen LogP contribution in [-0.4, -0.2) is 34.9 Å². The highest BCUT2D eigenvalue weighted by Crippen LogP contribution is 2.31. The van der Waals surface area contributed by atoms with Gasteiger partial charge in [-0.3, -0.25) is 24.7 Å². The van der Waals surface area contributed by atoms with Gasteiger partial charge in [0.25, 0.3) is 0 Å². The molecule has 0 unspecified atom stereocenters. The van der Waals surface area contributed by atoms with Crippen LogP contribution in [0.2, 0.25) is 0 Å². The van der Waals surface area contributed by atoms with Crippen LogP contribution in [0.1, 0.15) is 28.5 Å². The Morgan fingerprint density at radius 1 is 1.21 bits per heavy atom. The van der Waals surface area contributed by atoms with Crippen LogP contribution >= 0.6 is 0 Å². The topological polar surface area (TPSA) is 94.4 Å². The quantitative estimate of drug-likeness (QED) is 0.504. The van der Waals surface area contributed by atoms with Crippen molar-refractivity contribution in [3.63, 3.8) is 0 Å². The van der Waals surface area contributed by atoms with Crippen LogP contribution in [0.15, 0.2) is 49.1 Å². The van der Waals surface area contributed by atoms with Crippen molar-refractivity contribution >= 4 is 21.9 Å². The van der Waals surface area contributed by atoms with Crippen molar-refractivity contribution in [2.24, 2.45) is 7.05 Å². The summed E-state index contributed by atoms with van der Waals surface area (Å²) in [6.07, 6.45) is 6.14. The molecule has 0 saturated heterocycles. The maximum absolute atomic E-state index is 7.75. The highest BCUT2D eigenvalue weighted by atomic mass is 16.5. The zero-order valence-electron chi connectivity index (χ0n) is 18.8.